The van der Waals surface area contributed by atoms with Gasteiger partial charge in [-0.15, -0.1) is 0 Å². The van der Waals surface area contributed by atoms with Crippen LogP contribution in [-0.4, -0.2) is 31.9 Å². The van der Waals surface area contributed by atoms with Gasteiger partial charge in [0.25, 0.3) is 5.12 Å². The molecule has 0 fully saturated rings. The Morgan fingerprint density at radius 1 is 1.53 bits per heavy atom. The summed E-state index contributed by atoms with van der Waals surface area (Å²) in [6.07, 6.45) is 2.72. The summed E-state index contributed by atoms with van der Waals surface area (Å²) in [5.41, 5.74) is 0.933. The van der Waals surface area contributed by atoms with Crippen LogP contribution < -0.4 is 5.32 Å². The first-order valence-corrected chi connectivity index (χ1v) is 6.64. The minimum absolute atomic E-state index is 0.0577. The Hall–Kier alpha value is -0.680. The summed E-state index contributed by atoms with van der Waals surface area (Å²) < 4.78 is 23.0. The van der Waals surface area contributed by atoms with Crippen LogP contribution in [0.25, 0.3) is 0 Å². The number of sulfone groups is 1. The summed E-state index contributed by atoms with van der Waals surface area (Å²) in [5, 5.41) is 1.85. The van der Waals surface area contributed by atoms with Crippen molar-refractivity contribution in [1.82, 2.24) is 5.32 Å². The molecule has 0 saturated heterocycles. The molecular formula is C10H17NO3S. The van der Waals surface area contributed by atoms with Gasteiger partial charge in [-0.2, -0.15) is 0 Å². The highest BCUT2D eigenvalue weighted by molar-refractivity contribution is 8.06. The Morgan fingerprint density at radius 3 is 2.67 bits per heavy atom. The summed E-state index contributed by atoms with van der Waals surface area (Å²) in [4.78, 5) is 11.5. The molecule has 0 unspecified atom stereocenters. The van der Waals surface area contributed by atoms with E-state index >= 15 is 0 Å². The van der Waals surface area contributed by atoms with Crippen LogP contribution in [0.15, 0.2) is 11.6 Å². The summed E-state index contributed by atoms with van der Waals surface area (Å²) in [5.74, 6) is 0. The van der Waals surface area contributed by atoms with Crippen molar-refractivity contribution in [2.75, 3.05) is 13.1 Å². The van der Waals surface area contributed by atoms with Crippen LogP contribution in [0, 0.1) is 0 Å². The van der Waals surface area contributed by atoms with Gasteiger partial charge in [-0.05, 0) is 26.8 Å². The van der Waals surface area contributed by atoms with Crippen molar-refractivity contribution in [2.45, 2.75) is 31.9 Å². The molecule has 0 amide bonds. The highest BCUT2D eigenvalue weighted by Crippen LogP contribution is 2.14. The van der Waals surface area contributed by atoms with Crippen LogP contribution in [0.2, 0.25) is 0 Å². The number of carbonyl (C=O) groups excluding carboxylic acids is 1. The standard InChI is InChI=1S/C10H17NO3S/c1-8(2)15(13,14)10(12)7-9-3-5-11-6-4-9/h3,8,11H,4-7H2,1-2H3. The number of carbonyl (C=O) groups is 1. The maximum Gasteiger partial charge on any atom is 0.250 e. The third-order valence-corrected chi connectivity index (χ3v) is 4.49. The van der Waals surface area contributed by atoms with E-state index in [-0.39, 0.29) is 6.42 Å². The first-order valence-electron chi connectivity index (χ1n) is 5.10. The fraction of sp³-hybridized carbons (Fsp3) is 0.700. The molecule has 0 aromatic heterocycles. The molecule has 1 aliphatic rings. The van der Waals surface area contributed by atoms with Crippen molar-refractivity contribution in [3.05, 3.63) is 11.6 Å². The minimum atomic E-state index is -3.58. The topological polar surface area (TPSA) is 63.2 Å². The molecule has 1 aliphatic heterocycles. The molecule has 0 aliphatic carbocycles. The second kappa shape index (κ2) is 4.90. The maximum atomic E-state index is 11.5. The molecule has 4 nitrogen and oxygen atoms in total. The van der Waals surface area contributed by atoms with Crippen molar-refractivity contribution in [3.8, 4) is 0 Å². The Morgan fingerprint density at radius 2 is 2.20 bits per heavy atom. The minimum Gasteiger partial charge on any atom is -0.313 e. The van der Waals surface area contributed by atoms with Crippen LogP contribution in [0.5, 0.6) is 0 Å². The molecule has 1 N–H and O–H groups in total. The van der Waals surface area contributed by atoms with E-state index in [0.717, 1.165) is 25.1 Å². The zero-order valence-electron chi connectivity index (χ0n) is 9.12. The fourth-order valence-electron chi connectivity index (χ4n) is 1.38. The van der Waals surface area contributed by atoms with Gasteiger partial charge in [-0.25, -0.2) is 8.42 Å². The van der Waals surface area contributed by atoms with Gasteiger partial charge in [-0.1, -0.05) is 11.6 Å². The van der Waals surface area contributed by atoms with Gasteiger partial charge in [0.15, 0.2) is 0 Å². The molecule has 0 spiro atoms. The fourth-order valence-corrected chi connectivity index (χ4v) is 2.29. The first-order chi connectivity index (χ1) is 6.94. The molecule has 0 bridgehead atoms. The van der Waals surface area contributed by atoms with Gasteiger partial charge < -0.3 is 5.32 Å². The molecule has 1 heterocycles. The van der Waals surface area contributed by atoms with E-state index in [0.29, 0.717) is 0 Å². The van der Waals surface area contributed by atoms with Crippen molar-refractivity contribution in [1.29, 1.82) is 0 Å². The van der Waals surface area contributed by atoms with E-state index in [2.05, 4.69) is 5.32 Å². The van der Waals surface area contributed by atoms with Crippen LogP contribution in [0.1, 0.15) is 26.7 Å². The van der Waals surface area contributed by atoms with E-state index in [1.54, 1.807) is 0 Å². The number of hydrogen-bond donors (Lipinski definition) is 1. The molecule has 86 valence electrons. The predicted octanol–water partition coefficient (Wildman–Crippen LogP) is 0.646. The molecule has 15 heavy (non-hydrogen) atoms. The number of nitrogens with one attached hydrogen (secondary N) is 1. The van der Waals surface area contributed by atoms with Gasteiger partial charge in [0, 0.05) is 13.0 Å². The lowest BCUT2D eigenvalue weighted by Crippen LogP contribution is -2.26. The van der Waals surface area contributed by atoms with Crippen molar-refractivity contribution < 1.29 is 13.2 Å². The third kappa shape index (κ3) is 3.14. The van der Waals surface area contributed by atoms with Gasteiger partial charge in [-0.3, -0.25) is 4.79 Å². The molecule has 0 aromatic carbocycles. The largest absolute Gasteiger partial charge is 0.313 e. The van der Waals surface area contributed by atoms with Gasteiger partial charge in [0.2, 0.25) is 9.84 Å². The second-order valence-corrected chi connectivity index (χ2v) is 6.45. The lowest BCUT2D eigenvalue weighted by molar-refractivity contribution is -0.111. The molecule has 5 heteroatoms. The molecule has 0 saturated carbocycles. The lowest BCUT2D eigenvalue weighted by atomic mass is 10.1. The molecule has 0 atom stereocenters. The Labute approximate surface area is 90.7 Å². The average Bonchev–Trinajstić information content (AvgIpc) is 2.18. The predicted molar refractivity (Wildman–Crippen MR) is 59.2 cm³/mol. The van der Waals surface area contributed by atoms with Crippen molar-refractivity contribution in [2.24, 2.45) is 0 Å². The summed E-state index contributed by atoms with van der Waals surface area (Å²) in [7, 11) is -3.58. The molecule has 0 radical (unpaired) electrons. The van der Waals surface area contributed by atoms with E-state index in [1.807, 2.05) is 6.08 Å². The van der Waals surface area contributed by atoms with E-state index in [9.17, 15) is 13.2 Å². The summed E-state index contributed by atoms with van der Waals surface area (Å²) in [6, 6.07) is 0. The van der Waals surface area contributed by atoms with Crippen LogP contribution in [0.4, 0.5) is 0 Å². The smallest absolute Gasteiger partial charge is 0.250 e. The Kier molecular flexibility index (Phi) is 4.04. The molecular weight excluding hydrogens is 214 g/mol. The van der Waals surface area contributed by atoms with Gasteiger partial charge >= 0.3 is 0 Å². The Balaban J connectivity index is 2.67. The average molecular weight is 231 g/mol. The zero-order valence-corrected chi connectivity index (χ0v) is 9.93. The first kappa shape index (κ1) is 12.4. The molecule has 1 rings (SSSR count). The highest BCUT2D eigenvalue weighted by atomic mass is 32.2. The van der Waals surface area contributed by atoms with Crippen LogP contribution in [0.3, 0.4) is 0 Å². The van der Waals surface area contributed by atoms with Gasteiger partial charge in [0.1, 0.15) is 0 Å². The van der Waals surface area contributed by atoms with Crippen LogP contribution >= 0.6 is 0 Å². The SMILES string of the molecule is CC(C)S(=O)(=O)C(=O)CC1=CCNCC1. The third-order valence-electron chi connectivity index (χ3n) is 2.47. The van der Waals surface area contributed by atoms with E-state index in [1.165, 1.54) is 13.8 Å². The number of hydrogen-bond acceptors (Lipinski definition) is 4. The quantitative estimate of drug-likeness (QED) is 0.724. The monoisotopic (exact) mass is 231 g/mol. The maximum absolute atomic E-state index is 11.5. The van der Waals surface area contributed by atoms with Crippen molar-refractivity contribution in [3.63, 3.8) is 0 Å². The zero-order chi connectivity index (χ0) is 11.5. The van der Waals surface area contributed by atoms with E-state index in [4.69, 9.17) is 0 Å². The highest BCUT2D eigenvalue weighted by Gasteiger charge is 2.26. The van der Waals surface area contributed by atoms with E-state index < -0.39 is 20.2 Å². The number of rotatable bonds is 3. The van der Waals surface area contributed by atoms with Crippen molar-refractivity contribution >= 4 is 15.0 Å². The normalized spacial score (nSPS) is 17.7. The van der Waals surface area contributed by atoms with Gasteiger partial charge in [0.05, 0.1) is 5.25 Å². The lowest BCUT2D eigenvalue weighted by Gasteiger charge is -2.13. The second-order valence-electron chi connectivity index (χ2n) is 3.96. The molecule has 0 aromatic rings. The van der Waals surface area contributed by atoms with Crippen LogP contribution in [-0.2, 0) is 14.6 Å². The Bertz CT molecular complexity index is 368. The summed E-state index contributed by atoms with van der Waals surface area (Å²) >= 11 is 0. The summed E-state index contributed by atoms with van der Waals surface area (Å²) in [6.45, 7) is 4.61.